The van der Waals surface area contributed by atoms with Crippen LogP contribution in [0.5, 0.6) is 5.75 Å². The van der Waals surface area contributed by atoms with Gasteiger partial charge in [-0.3, -0.25) is 14.5 Å². The summed E-state index contributed by atoms with van der Waals surface area (Å²) < 4.78 is 45.5. The Balaban J connectivity index is 1.60. The molecule has 0 radical (unpaired) electrons. The zero-order valence-electron chi connectivity index (χ0n) is 20.2. The fourth-order valence-electron chi connectivity index (χ4n) is 4.05. The van der Waals surface area contributed by atoms with Crippen molar-refractivity contribution in [1.82, 2.24) is 4.90 Å². The molecule has 4 rings (SSSR count). The van der Waals surface area contributed by atoms with Gasteiger partial charge in [0.25, 0.3) is 5.91 Å². The number of thiocarbonyl (C=S) groups is 1. The molecule has 1 aliphatic heterocycles. The first-order valence-electron chi connectivity index (χ1n) is 11.7. The number of halogens is 4. The van der Waals surface area contributed by atoms with E-state index in [1.807, 2.05) is 6.92 Å². The quantitative estimate of drug-likeness (QED) is 0.328. The third-order valence-electron chi connectivity index (χ3n) is 5.84. The Hall–Kier alpha value is -3.63. The van der Waals surface area contributed by atoms with E-state index in [0.717, 1.165) is 22.6 Å². The van der Waals surface area contributed by atoms with E-state index in [9.17, 15) is 22.8 Å². The molecule has 1 atom stereocenters. The number of carbonyl (C=O) groups excluding carboxylic acids is 2. The number of nitrogens with one attached hydrogen (secondary N) is 1. The van der Waals surface area contributed by atoms with Gasteiger partial charge in [-0.1, -0.05) is 29.8 Å². The molecule has 0 bridgehead atoms. The van der Waals surface area contributed by atoms with E-state index in [1.54, 1.807) is 53.4 Å². The summed E-state index contributed by atoms with van der Waals surface area (Å²) in [7, 11) is 0. The lowest BCUT2D eigenvalue weighted by Crippen LogP contribution is -2.37. The lowest BCUT2D eigenvalue weighted by molar-refractivity contribution is -0.137. The summed E-state index contributed by atoms with van der Waals surface area (Å²) in [6, 6.07) is 16.9. The number of benzene rings is 3. The summed E-state index contributed by atoms with van der Waals surface area (Å²) in [5, 5.41) is 3.27. The van der Waals surface area contributed by atoms with E-state index < -0.39 is 29.6 Å². The fraction of sp³-hybridized carbons (Fsp3) is 0.222. The van der Waals surface area contributed by atoms with E-state index in [2.05, 4.69) is 5.32 Å². The predicted octanol–water partition coefficient (Wildman–Crippen LogP) is 6.29. The lowest BCUT2D eigenvalue weighted by Gasteiger charge is -2.24. The normalized spacial score (nSPS) is 15.7. The SMILES string of the molecule is CCOc1ccc(NC(=O)CC2C(=O)N(c3cccc(C(F)(F)F)c3)C(=S)N2Cc2ccc(Cl)cc2)cc1. The van der Waals surface area contributed by atoms with Gasteiger partial charge in [-0.05, 0) is 79.3 Å². The second-order valence-corrected chi connectivity index (χ2v) is 9.29. The highest BCUT2D eigenvalue weighted by Crippen LogP contribution is 2.34. The van der Waals surface area contributed by atoms with Crippen LogP contribution in [0.4, 0.5) is 24.5 Å². The van der Waals surface area contributed by atoms with Crippen molar-refractivity contribution in [2.75, 3.05) is 16.8 Å². The second kappa shape index (κ2) is 11.4. The first kappa shape index (κ1) is 27.4. The molecule has 1 aliphatic rings. The molecule has 0 aliphatic carbocycles. The van der Waals surface area contributed by atoms with Crippen LogP contribution < -0.4 is 15.0 Å². The summed E-state index contributed by atoms with van der Waals surface area (Å²) in [5.74, 6) is -0.403. The molecule has 1 saturated heterocycles. The molecule has 198 valence electrons. The van der Waals surface area contributed by atoms with Gasteiger partial charge in [0.05, 0.1) is 24.3 Å². The molecule has 3 aromatic rings. The van der Waals surface area contributed by atoms with Crippen molar-refractivity contribution >= 4 is 52.1 Å². The number of amides is 2. The van der Waals surface area contributed by atoms with Crippen LogP contribution in [0.25, 0.3) is 0 Å². The van der Waals surface area contributed by atoms with Crippen molar-refractivity contribution in [3.8, 4) is 5.75 Å². The third-order valence-corrected chi connectivity index (χ3v) is 6.51. The summed E-state index contributed by atoms with van der Waals surface area (Å²) >= 11 is 11.5. The molecule has 0 saturated carbocycles. The molecule has 38 heavy (non-hydrogen) atoms. The summed E-state index contributed by atoms with van der Waals surface area (Å²) in [6.45, 7) is 2.51. The first-order valence-corrected chi connectivity index (χ1v) is 12.4. The zero-order chi connectivity index (χ0) is 27.4. The average molecular weight is 562 g/mol. The van der Waals surface area contributed by atoms with Crippen LogP contribution in [0, 0.1) is 0 Å². The van der Waals surface area contributed by atoms with Crippen molar-refractivity contribution in [2.24, 2.45) is 0 Å². The Bertz CT molecular complexity index is 1330. The maximum absolute atomic E-state index is 13.5. The molecule has 1 fully saturated rings. The number of rotatable bonds is 8. The average Bonchev–Trinajstić information content (AvgIpc) is 3.10. The topological polar surface area (TPSA) is 61.9 Å². The van der Waals surface area contributed by atoms with Crippen LogP contribution in [0.1, 0.15) is 24.5 Å². The minimum absolute atomic E-state index is 0.00291. The van der Waals surface area contributed by atoms with Crippen LogP contribution in [-0.4, -0.2) is 34.5 Å². The number of hydrogen-bond acceptors (Lipinski definition) is 4. The van der Waals surface area contributed by atoms with Crippen molar-refractivity contribution in [3.63, 3.8) is 0 Å². The van der Waals surface area contributed by atoms with E-state index in [0.29, 0.717) is 23.1 Å². The molecule has 3 aromatic carbocycles. The Kier molecular flexibility index (Phi) is 8.23. The zero-order valence-corrected chi connectivity index (χ0v) is 21.7. The number of carbonyl (C=O) groups is 2. The minimum Gasteiger partial charge on any atom is -0.494 e. The molecule has 1 heterocycles. The van der Waals surface area contributed by atoms with Gasteiger partial charge in [0.2, 0.25) is 5.91 Å². The lowest BCUT2D eigenvalue weighted by atomic mass is 10.1. The van der Waals surface area contributed by atoms with E-state index in [-0.39, 0.29) is 23.8 Å². The van der Waals surface area contributed by atoms with Crippen molar-refractivity contribution in [1.29, 1.82) is 0 Å². The molecule has 0 aromatic heterocycles. The number of anilines is 2. The Morgan fingerprint density at radius 3 is 2.39 bits per heavy atom. The van der Waals surface area contributed by atoms with Gasteiger partial charge in [0, 0.05) is 17.3 Å². The number of hydrogen-bond donors (Lipinski definition) is 1. The maximum Gasteiger partial charge on any atom is 0.416 e. The highest BCUT2D eigenvalue weighted by molar-refractivity contribution is 7.80. The highest BCUT2D eigenvalue weighted by atomic mass is 35.5. The molecular formula is C27H23ClF3N3O3S. The molecular weight excluding hydrogens is 539 g/mol. The van der Waals surface area contributed by atoms with Crippen molar-refractivity contribution in [3.05, 3.63) is 88.9 Å². The van der Waals surface area contributed by atoms with Crippen LogP contribution >= 0.6 is 23.8 Å². The van der Waals surface area contributed by atoms with Crippen LogP contribution in [0.15, 0.2) is 72.8 Å². The summed E-state index contributed by atoms with van der Waals surface area (Å²) in [6.07, 6.45) is -4.87. The molecule has 2 amide bonds. The fourth-order valence-corrected chi connectivity index (χ4v) is 4.56. The van der Waals surface area contributed by atoms with Crippen LogP contribution in [-0.2, 0) is 22.3 Å². The smallest absolute Gasteiger partial charge is 0.416 e. The molecule has 6 nitrogen and oxygen atoms in total. The molecule has 0 spiro atoms. The third kappa shape index (κ3) is 6.25. The first-order chi connectivity index (χ1) is 18.1. The second-order valence-electron chi connectivity index (χ2n) is 8.48. The predicted molar refractivity (Wildman–Crippen MR) is 143 cm³/mol. The van der Waals surface area contributed by atoms with Crippen LogP contribution in [0.2, 0.25) is 5.02 Å². The van der Waals surface area contributed by atoms with Crippen LogP contribution in [0.3, 0.4) is 0 Å². The largest absolute Gasteiger partial charge is 0.494 e. The monoisotopic (exact) mass is 561 g/mol. The highest BCUT2D eigenvalue weighted by Gasteiger charge is 2.44. The van der Waals surface area contributed by atoms with Gasteiger partial charge in [-0.25, -0.2) is 0 Å². The number of nitrogens with zero attached hydrogens (tertiary/aromatic N) is 2. The summed E-state index contributed by atoms with van der Waals surface area (Å²) in [5.41, 5.74) is 0.328. The van der Waals surface area contributed by atoms with E-state index in [4.69, 9.17) is 28.6 Å². The van der Waals surface area contributed by atoms with E-state index in [1.165, 1.54) is 12.1 Å². The Labute approximate surface area is 227 Å². The van der Waals surface area contributed by atoms with Crippen molar-refractivity contribution < 1.29 is 27.5 Å². The number of ether oxygens (including phenoxy) is 1. The molecule has 1 N–H and O–H groups in total. The maximum atomic E-state index is 13.5. The Morgan fingerprint density at radius 1 is 1.08 bits per heavy atom. The van der Waals surface area contributed by atoms with Crippen molar-refractivity contribution in [2.45, 2.75) is 32.1 Å². The van der Waals surface area contributed by atoms with Gasteiger partial charge in [-0.2, -0.15) is 13.2 Å². The van der Waals surface area contributed by atoms with Gasteiger partial charge < -0.3 is 15.0 Å². The van der Waals surface area contributed by atoms with Gasteiger partial charge in [-0.15, -0.1) is 0 Å². The number of alkyl halides is 3. The van der Waals surface area contributed by atoms with Gasteiger partial charge in [0.15, 0.2) is 5.11 Å². The van der Waals surface area contributed by atoms with Gasteiger partial charge in [0.1, 0.15) is 11.8 Å². The van der Waals surface area contributed by atoms with E-state index >= 15 is 0 Å². The van der Waals surface area contributed by atoms with Gasteiger partial charge >= 0.3 is 6.18 Å². The molecule has 1 unspecified atom stereocenters. The Morgan fingerprint density at radius 2 is 1.76 bits per heavy atom. The minimum atomic E-state index is -4.60. The summed E-state index contributed by atoms with van der Waals surface area (Å²) in [4.78, 5) is 29.1. The standard InChI is InChI=1S/C27H23ClF3N3O3S/c1-2-37-22-12-10-20(11-13-22)32-24(35)15-23-25(36)34(21-5-3-4-18(14-21)27(29,30)31)26(38)33(23)16-17-6-8-19(28)9-7-17/h3-14,23H,2,15-16H2,1H3,(H,32,35). The molecule has 11 heteroatoms.